The molecule has 1 saturated carbocycles. The maximum Gasteiger partial charge on any atom is 0.317 e. The second kappa shape index (κ2) is 8.57. The van der Waals surface area contributed by atoms with Crippen LogP contribution < -0.4 is 5.32 Å². The Morgan fingerprint density at radius 3 is 2.48 bits per heavy atom. The van der Waals surface area contributed by atoms with Crippen molar-refractivity contribution in [2.24, 2.45) is 0 Å². The Labute approximate surface area is 162 Å². The lowest BCUT2D eigenvalue weighted by Crippen LogP contribution is -2.61. The molecule has 0 spiro atoms. The molecule has 1 aromatic heterocycles. The highest BCUT2D eigenvalue weighted by Gasteiger charge is 2.44. The van der Waals surface area contributed by atoms with Crippen molar-refractivity contribution in [3.8, 4) is 0 Å². The molecule has 2 atom stereocenters. The molecule has 2 aliphatic heterocycles. The lowest BCUT2D eigenvalue weighted by molar-refractivity contribution is -0.115. The number of nitrogens with zero attached hydrogens (tertiary/aromatic N) is 3. The average Bonchev–Trinajstić information content (AvgIpc) is 2.70. The lowest BCUT2D eigenvalue weighted by atomic mass is 9.87. The quantitative estimate of drug-likeness (QED) is 0.883. The van der Waals surface area contributed by atoms with E-state index in [-0.39, 0.29) is 12.1 Å². The van der Waals surface area contributed by atoms with Gasteiger partial charge in [0.05, 0.1) is 12.1 Å². The number of hydrogen-bond acceptors (Lipinski definition) is 4. The summed E-state index contributed by atoms with van der Waals surface area (Å²) in [6.45, 7) is 2.67. The Morgan fingerprint density at radius 2 is 1.81 bits per heavy atom. The molecule has 3 fully saturated rings. The minimum Gasteiger partial charge on any atom is -0.378 e. The highest BCUT2D eigenvalue weighted by atomic mass is 16.5. The fraction of sp³-hybridized carbons (Fsp3) is 0.714. The summed E-state index contributed by atoms with van der Waals surface area (Å²) in [7, 11) is 1.80. The number of hydrogen-bond donors (Lipinski definition) is 1. The first-order valence-corrected chi connectivity index (χ1v) is 10.5. The van der Waals surface area contributed by atoms with E-state index < -0.39 is 0 Å². The van der Waals surface area contributed by atoms with Gasteiger partial charge in [-0.15, -0.1) is 0 Å². The number of pyridine rings is 1. The first-order chi connectivity index (χ1) is 13.3. The minimum absolute atomic E-state index is 0.143. The van der Waals surface area contributed by atoms with Crippen LogP contribution in [0.3, 0.4) is 0 Å². The summed E-state index contributed by atoms with van der Waals surface area (Å²) < 4.78 is 5.68. The van der Waals surface area contributed by atoms with E-state index in [0.29, 0.717) is 18.1 Å². The Balaban J connectivity index is 1.30. The summed E-state index contributed by atoms with van der Waals surface area (Å²) in [5.41, 5.74) is 1.28. The molecule has 3 heterocycles. The fourth-order valence-corrected chi connectivity index (χ4v) is 4.96. The molecule has 6 heteroatoms. The standard InChI is InChI=1S/C21H32N4O2/c1-27-19-15-25(20(19)16-7-11-22-12-8-16)18-9-13-24(14-10-18)21(26)23-17-5-3-2-4-6-17/h7-8,11-12,17-20H,2-6,9-10,13-15H2,1H3,(H,23,26)/t19-,20-/m0/s1. The Kier molecular flexibility index (Phi) is 5.93. The van der Waals surface area contributed by atoms with Crippen LogP contribution in [-0.4, -0.2) is 65.7 Å². The first kappa shape index (κ1) is 18.7. The number of ether oxygens (including phenoxy) is 1. The largest absolute Gasteiger partial charge is 0.378 e. The van der Waals surface area contributed by atoms with Gasteiger partial charge in [0.15, 0.2) is 0 Å². The number of nitrogens with one attached hydrogen (secondary N) is 1. The van der Waals surface area contributed by atoms with E-state index >= 15 is 0 Å². The maximum atomic E-state index is 12.6. The molecule has 2 amide bonds. The molecule has 27 heavy (non-hydrogen) atoms. The predicted molar refractivity (Wildman–Crippen MR) is 104 cm³/mol. The molecule has 0 aromatic carbocycles. The smallest absolute Gasteiger partial charge is 0.317 e. The number of piperidine rings is 1. The topological polar surface area (TPSA) is 57.7 Å². The number of likely N-dealkylation sites (tertiary alicyclic amines) is 2. The van der Waals surface area contributed by atoms with Crippen molar-refractivity contribution in [2.75, 3.05) is 26.7 Å². The van der Waals surface area contributed by atoms with Crippen molar-refractivity contribution in [3.05, 3.63) is 30.1 Å². The van der Waals surface area contributed by atoms with E-state index in [2.05, 4.69) is 27.3 Å². The van der Waals surface area contributed by atoms with Crippen LogP contribution >= 0.6 is 0 Å². The molecule has 6 nitrogen and oxygen atoms in total. The van der Waals surface area contributed by atoms with Crippen LogP contribution in [0.5, 0.6) is 0 Å². The molecule has 0 radical (unpaired) electrons. The van der Waals surface area contributed by atoms with Crippen LogP contribution in [0.2, 0.25) is 0 Å². The number of carbonyl (C=O) groups is 1. The highest BCUT2D eigenvalue weighted by molar-refractivity contribution is 5.74. The van der Waals surface area contributed by atoms with E-state index in [1.807, 2.05) is 17.3 Å². The number of carbonyl (C=O) groups excluding carboxylic acids is 1. The molecule has 2 saturated heterocycles. The molecule has 0 unspecified atom stereocenters. The van der Waals surface area contributed by atoms with Gasteiger partial charge in [-0.05, 0) is 43.4 Å². The van der Waals surface area contributed by atoms with Crippen molar-refractivity contribution in [1.29, 1.82) is 0 Å². The number of methoxy groups -OCH3 is 1. The molecule has 1 aromatic rings. The molecular formula is C21H32N4O2. The van der Waals surface area contributed by atoms with Crippen molar-refractivity contribution >= 4 is 6.03 Å². The number of urea groups is 1. The summed E-state index contributed by atoms with van der Waals surface area (Å²) in [5, 5.41) is 3.26. The van der Waals surface area contributed by atoms with Gasteiger partial charge in [0.25, 0.3) is 0 Å². The summed E-state index contributed by atoms with van der Waals surface area (Å²) in [6.07, 6.45) is 12.1. The van der Waals surface area contributed by atoms with Crippen LogP contribution in [0.4, 0.5) is 4.79 Å². The minimum atomic E-state index is 0.143. The van der Waals surface area contributed by atoms with Gasteiger partial charge in [0.1, 0.15) is 0 Å². The van der Waals surface area contributed by atoms with Gasteiger partial charge in [-0.1, -0.05) is 19.3 Å². The van der Waals surface area contributed by atoms with E-state index in [4.69, 9.17) is 4.74 Å². The third-order valence-electron chi connectivity index (χ3n) is 6.60. The zero-order chi connectivity index (χ0) is 18.6. The maximum absolute atomic E-state index is 12.6. The van der Waals surface area contributed by atoms with E-state index in [9.17, 15) is 4.79 Å². The fourth-order valence-electron chi connectivity index (χ4n) is 4.96. The Hall–Kier alpha value is -1.66. The van der Waals surface area contributed by atoms with Gasteiger partial charge >= 0.3 is 6.03 Å². The molecule has 148 valence electrons. The summed E-state index contributed by atoms with van der Waals surface area (Å²) in [5.74, 6) is 0. The van der Waals surface area contributed by atoms with Crippen molar-refractivity contribution in [2.45, 2.75) is 69.2 Å². The second-order valence-corrected chi connectivity index (χ2v) is 8.20. The van der Waals surface area contributed by atoms with Gasteiger partial charge in [-0.3, -0.25) is 9.88 Å². The van der Waals surface area contributed by atoms with Crippen LogP contribution in [-0.2, 0) is 4.74 Å². The van der Waals surface area contributed by atoms with Crippen LogP contribution in [0.25, 0.3) is 0 Å². The van der Waals surface area contributed by atoms with Crippen molar-refractivity contribution in [3.63, 3.8) is 0 Å². The van der Waals surface area contributed by atoms with E-state index in [1.54, 1.807) is 7.11 Å². The average molecular weight is 373 g/mol. The lowest BCUT2D eigenvalue weighted by Gasteiger charge is -2.53. The molecule has 1 N–H and O–H groups in total. The summed E-state index contributed by atoms with van der Waals surface area (Å²) >= 11 is 0. The second-order valence-electron chi connectivity index (χ2n) is 8.20. The normalized spacial score (nSPS) is 28.0. The van der Waals surface area contributed by atoms with E-state index in [1.165, 1.54) is 24.8 Å². The van der Waals surface area contributed by atoms with Crippen LogP contribution in [0.15, 0.2) is 24.5 Å². The molecule has 0 bridgehead atoms. The van der Waals surface area contributed by atoms with Crippen LogP contribution in [0.1, 0.15) is 56.6 Å². The zero-order valence-corrected chi connectivity index (χ0v) is 16.3. The van der Waals surface area contributed by atoms with Gasteiger partial charge in [0, 0.05) is 51.2 Å². The van der Waals surface area contributed by atoms with Crippen molar-refractivity contribution < 1.29 is 9.53 Å². The molecule has 3 aliphatic rings. The van der Waals surface area contributed by atoms with Gasteiger partial charge in [-0.2, -0.15) is 0 Å². The Morgan fingerprint density at radius 1 is 1.11 bits per heavy atom. The summed E-state index contributed by atoms with van der Waals surface area (Å²) in [6, 6.07) is 5.55. The van der Waals surface area contributed by atoms with E-state index in [0.717, 1.165) is 45.3 Å². The zero-order valence-electron chi connectivity index (χ0n) is 16.3. The number of amides is 2. The van der Waals surface area contributed by atoms with Gasteiger partial charge in [0.2, 0.25) is 0 Å². The molecular weight excluding hydrogens is 340 g/mol. The Bertz CT molecular complexity index is 612. The van der Waals surface area contributed by atoms with Crippen molar-refractivity contribution in [1.82, 2.24) is 20.1 Å². The van der Waals surface area contributed by atoms with Crippen LogP contribution in [0, 0.1) is 0 Å². The molecule has 4 rings (SSSR count). The number of rotatable bonds is 4. The first-order valence-electron chi connectivity index (χ1n) is 10.5. The SMILES string of the molecule is CO[C@H]1CN(C2CCN(C(=O)NC3CCCCC3)CC2)[C@H]1c1ccncc1. The monoisotopic (exact) mass is 372 g/mol. The third-order valence-corrected chi connectivity index (χ3v) is 6.60. The highest BCUT2D eigenvalue weighted by Crippen LogP contribution is 2.39. The molecule has 1 aliphatic carbocycles. The predicted octanol–water partition coefficient (Wildman–Crippen LogP) is 2.96. The third kappa shape index (κ3) is 4.11. The summed E-state index contributed by atoms with van der Waals surface area (Å²) in [4.78, 5) is 21.3. The van der Waals surface area contributed by atoms with Gasteiger partial charge < -0.3 is 15.0 Å². The number of aromatic nitrogens is 1. The van der Waals surface area contributed by atoms with Gasteiger partial charge in [-0.25, -0.2) is 4.79 Å².